The fourth-order valence-corrected chi connectivity index (χ4v) is 2.72. The van der Waals surface area contributed by atoms with Crippen LogP contribution in [0, 0.1) is 0 Å². The topological polar surface area (TPSA) is 46.2 Å². The van der Waals surface area contributed by atoms with Crippen molar-refractivity contribution in [3.8, 4) is 0 Å². The molecule has 0 saturated heterocycles. The predicted octanol–water partition coefficient (Wildman–Crippen LogP) is 4.41. The van der Waals surface area contributed by atoms with Gasteiger partial charge in [-0.05, 0) is 18.6 Å². The zero-order chi connectivity index (χ0) is 17.6. The smallest absolute Gasteiger partial charge is 0.252 e. The standard InChI is InChI=1S/C22H19NO2/c1-16(17-10-4-2-5-11-17)23-22(25)20-15-9-8-14-19(20)21(24)18-12-6-3-7-13-18/h2-16H,1H3,(H,23,25). The summed E-state index contributed by atoms with van der Waals surface area (Å²) in [6.07, 6.45) is 0. The van der Waals surface area contributed by atoms with Crippen molar-refractivity contribution in [1.29, 1.82) is 0 Å². The Kier molecular flexibility index (Phi) is 5.05. The summed E-state index contributed by atoms with van der Waals surface area (Å²) < 4.78 is 0. The summed E-state index contributed by atoms with van der Waals surface area (Å²) in [5.74, 6) is -0.407. The van der Waals surface area contributed by atoms with Crippen molar-refractivity contribution in [2.24, 2.45) is 0 Å². The van der Waals surface area contributed by atoms with Crippen LogP contribution in [0.5, 0.6) is 0 Å². The zero-order valence-electron chi connectivity index (χ0n) is 14.0. The van der Waals surface area contributed by atoms with E-state index < -0.39 is 0 Å². The van der Waals surface area contributed by atoms with Crippen molar-refractivity contribution in [1.82, 2.24) is 5.32 Å². The molecule has 3 aromatic rings. The summed E-state index contributed by atoms with van der Waals surface area (Å²) in [5.41, 5.74) is 2.38. The van der Waals surface area contributed by atoms with Crippen LogP contribution in [-0.4, -0.2) is 11.7 Å². The van der Waals surface area contributed by atoms with Crippen LogP contribution in [0.3, 0.4) is 0 Å². The highest BCUT2D eigenvalue weighted by atomic mass is 16.2. The maximum Gasteiger partial charge on any atom is 0.252 e. The minimum Gasteiger partial charge on any atom is -0.345 e. The number of rotatable bonds is 5. The van der Waals surface area contributed by atoms with Crippen LogP contribution in [0.4, 0.5) is 0 Å². The Balaban J connectivity index is 1.85. The van der Waals surface area contributed by atoms with Gasteiger partial charge in [0, 0.05) is 11.1 Å². The summed E-state index contributed by atoms with van der Waals surface area (Å²) in [7, 11) is 0. The van der Waals surface area contributed by atoms with Crippen LogP contribution in [0.15, 0.2) is 84.9 Å². The number of ketones is 1. The molecule has 0 bridgehead atoms. The number of benzene rings is 3. The maximum atomic E-state index is 12.7. The lowest BCUT2D eigenvalue weighted by Crippen LogP contribution is -2.28. The molecule has 1 atom stereocenters. The highest BCUT2D eigenvalue weighted by molar-refractivity contribution is 6.15. The molecule has 0 aromatic heterocycles. The molecule has 3 rings (SSSR count). The highest BCUT2D eigenvalue weighted by Crippen LogP contribution is 2.17. The molecule has 0 aliphatic heterocycles. The van der Waals surface area contributed by atoms with E-state index in [0.717, 1.165) is 5.56 Å². The first-order valence-corrected chi connectivity index (χ1v) is 8.21. The monoisotopic (exact) mass is 329 g/mol. The third kappa shape index (κ3) is 3.83. The van der Waals surface area contributed by atoms with E-state index in [-0.39, 0.29) is 17.7 Å². The average molecular weight is 329 g/mol. The van der Waals surface area contributed by atoms with Gasteiger partial charge in [0.05, 0.1) is 11.6 Å². The first-order chi connectivity index (χ1) is 12.2. The number of hydrogen-bond donors (Lipinski definition) is 1. The van der Waals surface area contributed by atoms with E-state index in [4.69, 9.17) is 0 Å². The van der Waals surface area contributed by atoms with E-state index in [1.54, 1.807) is 36.4 Å². The second-order valence-electron chi connectivity index (χ2n) is 5.85. The van der Waals surface area contributed by atoms with Gasteiger partial charge in [-0.15, -0.1) is 0 Å². The highest BCUT2D eigenvalue weighted by Gasteiger charge is 2.19. The Labute approximate surface area is 147 Å². The van der Waals surface area contributed by atoms with Crippen molar-refractivity contribution >= 4 is 11.7 Å². The number of nitrogens with one attached hydrogen (secondary N) is 1. The first-order valence-electron chi connectivity index (χ1n) is 8.21. The van der Waals surface area contributed by atoms with Crippen molar-refractivity contribution in [2.75, 3.05) is 0 Å². The maximum absolute atomic E-state index is 12.7. The van der Waals surface area contributed by atoms with Crippen LogP contribution < -0.4 is 5.32 Å². The third-order valence-electron chi connectivity index (χ3n) is 4.10. The molecule has 0 heterocycles. The van der Waals surface area contributed by atoms with E-state index >= 15 is 0 Å². The SMILES string of the molecule is CC(NC(=O)c1ccccc1C(=O)c1ccccc1)c1ccccc1. The Morgan fingerprint density at radius 3 is 1.88 bits per heavy atom. The van der Waals surface area contributed by atoms with E-state index in [1.165, 1.54) is 0 Å². The molecule has 0 saturated carbocycles. The molecule has 124 valence electrons. The van der Waals surface area contributed by atoms with Gasteiger partial charge in [0.1, 0.15) is 0 Å². The number of amides is 1. The lowest BCUT2D eigenvalue weighted by atomic mass is 9.97. The van der Waals surface area contributed by atoms with Gasteiger partial charge >= 0.3 is 0 Å². The molecule has 0 radical (unpaired) electrons. The fourth-order valence-electron chi connectivity index (χ4n) is 2.72. The molecule has 1 amide bonds. The van der Waals surface area contributed by atoms with Gasteiger partial charge in [0.25, 0.3) is 5.91 Å². The summed E-state index contributed by atoms with van der Waals surface area (Å²) in [5, 5.41) is 2.97. The molecular weight excluding hydrogens is 310 g/mol. The van der Waals surface area contributed by atoms with Crippen molar-refractivity contribution in [2.45, 2.75) is 13.0 Å². The molecule has 1 N–H and O–H groups in total. The van der Waals surface area contributed by atoms with Gasteiger partial charge in [0.15, 0.2) is 5.78 Å². The van der Waals surface area contributed by atoms with Gasteiger partial charge < -0.3 is 5.32 Å². The zero-order valence-corrected chi connectivity index (χ0v) is 14.0. The first kappa shape index (κ1) is 16.7. The molecule has 3 heteroatoms. The second-order valence-corrected chi connectivity index (χ2v) is 5.85. The Hall–Kier alpha value is -3.20. The van der Waals surface area contributed by atoms with E-state index in [2.05, 4.69) is 5.32 Å². The summed E-state index contributed by atoms with van der Waals surface area (Å²) >= 11 is 0. The molecule has 3 aromatic carbocycles. The van der Waals surface area contributed by atoms with Crippen molar-refractivity contribution < 1.29 is 9.59 Å². The number of hydrogen-bond acceptors (Lipinski definition) is 2. The molecule has 0 aliphatic rings. The van der Waals surface area contributed by atoms with Crippen LogP contribution in [-0.2, 0) is 0 Å². The Morgan fingerprint density at radius 1 is 0.720 bits per heavy atom. The van der Waals surface area contributed by atoms with Gasteiger partial charge in [-0.1, -0.05) is 78.9 Å². The quantitative estimate of drug-likeness (QED) is 0.705. The normalized spacial score (nSPS) is 11.6. The van der Waals surface area contributed by atoms with Crippen LogP contribution in [0.25, 0.3) is 0 Å². The fraction of sp³-hybridized carbons (Fsp3) is 0.0909. The van der Waals surface area contributed by atoms with Crippen molar-refractivity contribution in [3.05, 3.63) is 107 Å². The van der Waals surface area contributed by atoms with E-state index in [0.29, 0.717) is 16.7 Å². The second kappa shape index (κ2) is 7.58. The molecule has 0 spiro atoms. The minimum atomic E-state index is -0.253. The predicted molar refractivity (Wildman–Crippen MR) is 98.6 cm³/mol. The van der Waals surface area contributed by atoms with Crippen LogP contribution in [0.2, 0.25) is 0 Å². The Bertz CT molecular complexity index is 873. The summed E-state index contributed by atoms with van der Waals surface area (Å²) in [6.45, 7) is 1.93. The van der Waals surface area contributed by atoms with Gasteiger partial charge in [-0.2, -0.15) is 0 Å². The lowest BCUT2D eigenvalue weighted by Gasteiger charge is -2.16. The summed E-state index contributed by atoms with van der Waals surface area (Å²) in [6, 6.07) is 25.5. The molecule has 3 nitrogen and oxygen atoms in total. The Morgan fingerprint density at radius 2 is 1.24 bits per heavy atom. The number of carbonyl (C=O) groups excluding carboxylic acids is 2. The van der Waals surface area contributed by atoms with Gasteiger partial charge in [0.2, 0.25) is 0 Å². The third-order valence-corrected chi connectivity index (χ3v) is 4.10. The summed E-state index contributed by atoms with van der Waals surface area (Å²) in [4.78, 5) is 25.5. The largest absolute Gasteiger partial charge is 0.345 e. The van der Waals surface area contributed by atoms with Crippen molar-refractivity contribution in [3.63, 3.8) is 0 Å². The van der Waals surface area contributed by atoms with Gasteiger partial charge in [-0.3, -0.25) is 9.59 Å². The molecule has 25 heavy (non-hydrogen) atoms. The molecular formula is C22H19NO2. The molecule has 1 unspecified atom stereocenters. The minimum absolute atomic E-state index is 0.145. The van der Waals surface area contributed by atoms with Crippen LogP contribution in [0.1, 0.15) is 44.8 Å². The average Bonchev–Trinajstić information content (AvgIpc) is 2.68. The van der Waals surface area contributed by atoms with Gasteiger partial charge in [-0.25, -0.2) is 0 Å². The van der Waals surface area contributed by atoms with E-state index in [1.807, 2.05) is 55.5 Å². The molecule has 0 fully saturated rings. The lowest BCUT2D eigenvalue weighted by molar-refractivity contribution is 0.0929. The van der Waals surface area contributed by atoms with E-state index in [9.17, 15) is 9.59 Å². The number of carbonyl (C=O) groups is 2. The molecule has 0 aliphatic carbocycles. The van der Waals surface area contributed by atoms with Crippen LogP contribution >= 0.6 is 0 Å².